The summed E-state index contributed by atoms with van der Waals surface area (Å²) in [5, 5.41) is 3.46. The minimum absolute atomic E-state index is 0. The van der Waals surface area contributed by atoms with Gasteiger partial charge in [0, 0.05) is 18.8 Å². The van der Waals surface area contributed by atoms with Crippen LogP contribution in [0.25, 0.3) is 0 Å². The van der Waals surface area contributed by atoms with Crippen LogP contribution in [0.3, 0.4) is 0 Å². The number of hydrogen-bond donors (Lipinski definition) is 1. The molecule has 19 heavy (non-hydrogen) atoms. The average molecular weight is 281 g/mol. The summed E-state index contributed by atoms with van der Waals surface area (Å²) in [5.41, 5.74) is 4.68. The standard InChI is InChI=1S/C16H24N2.ClH/c1-2-14-4-3-5-15-8-11-18(16(14)15)12-13-6-9-17-10-7-13;/h3-5,13,17H,2,6-12H2,1H3;1H. The van der Waals surface area contributed by atoms with Gasteiger partial charge in [0.2, 0.25) is 0 Å². The van der Waals surface area contributed by atoms with Gasteiger partial charge >= 0.3 is 0 Å². The normalized spacial score (nSPS) is 19.1. The fraction of sp³-hybridized carbons (Fsp3) is 0.625. The maximum Gasteiger partial charge on any atom is 0.0432 e. The van der Waals surface area contributed by atoms with Gasteiger partial charge in [-0.1, -0.05) is 25.1 Å². The van der Waals surface area contributed by atoms with Crippen LogP contribution in [0.15, 0.2) is 18.2 Å². The minimum Gasteiger partial charge on any atom is -0.370 e. The van der Waals surface area contributed by atoms with Crippen LogP contribution < -0.4 is 10.2 Å². The molecule has 0 spiro atoms. The van der Waals surface area contributed by atoms with E-state index < -0.39 is 0 Å². The van der Waals surface area contributed by atoms with Gasteiger partial charge in [-0.05, 0) is 55.8 Å². The summed E-state index contributed by atoms with van der Waals surface area (Å²) in [5.74, 6) is 0.891. The molecular formula is C16H25ClN2. The molecule has 2 nitrogen and oxygen atoms in total. The maximum atomic E-state index is 3.46. The lowest BCUT2D eigenvalue weighted by Crippen LogP contribution is -2.35. The highest BCUT2D eigenvalue weighted by Gasteiger charge is 2.24. The Morgan fingerprint density at radius 2 is 2.05 bits per heavy atom. The van der Waals surface area contributed by atoms with Gasteiger partial charge in [0.05, 0.1) is 0 Å². The molecule has 0 unspecified atom stereocenters. The Morgan fingerprint density at radius 3 is 2.79 bits per heavy atom. The first-order chi connectivity index (χ1) is 8.88. The van der Waals surface area contributed by atoms with E-state index in [9.17, 15) is 0 Å². The third-order valence-electron chi connectivity index (χ3n) is 4.49. The minimum atomic E-state index is 0. The van der Waals surface area contributed by atoms with E-state index in [1.165, 1.54) is 45.4 Å². The quantitative estimate of drug-likeness (QED) is 0.916. The number of benzene rings is 1. The van der Waals surface area contributed by atoms with E-state index in [1.54, 1.807) is 16.8 Å². The molecule has 3 heteroatoms. The molecule has 1 aromatic rings. The number of piperidine rings is 1. The number of hydrogen-bond acceptors (Lipinski definition) is 2. The number of nitrogens with one attached hydrogen (secondary N) is 1. The monoisotopic (exact) mass is 280 g/mol. The zero-order valence-corrected chi connectivity index (χ0v) is 12.6. The summed E-state index contributed by atoms with van der Waals surface area (Å²) in [4.78, 5) is 2.66. The molecule has 0 aliphatic carbocycles. The Kier molecular flexibility index (Phi) is 5.12. The topological polar surface area (TPSA) is 15.3 Å². The Balaban J connectivity index is 0.00000133. The second-order valence-electron chi connectivity index (χ2n) is 5.67. The summed E-state index contributed by atoms with van der Waals surface area (Å²) in [6, 6.07) is 6.85. The summed E-state index contributed by atoms with van der Waals surface area (Å²) in [6.45, 7) is 7.19. The first-order valence-electron chi connectivity index (χ1n) is 7.45. The molecule has 0 bridgehead atoms. The SMILES string of the molecule is CCc1cccc2c1N(CC1CCNCC1)CC2.Cl. The van der Waals surface area contributed by atoms with Crippen molar-refractivity contribution >= 4 is 18.1 Å². The van der Waals surface area contributed by atoms with E-state index in [0.29, 0.717) is 0 Å². The molecule has 1 N–H and O–H groups in total. The van der Waals surface area contributed by atoms with E-state index in [4.69, 9.17) is 0 Å². The lowest BCUT2D eigenvalue weighted by molar-refractivity contribution is 0.375. The van der Waals surface area contributed by atoms with Crippen molar-refractivity contribution in [3.8, 4) is 0 Å². The highest BCUT2D eigenvalue weighted by atomic mass is 35.5. The summed E-state index contributed by atoms with van der Waals surface area (Å²) in [6.07, 6.45) is 5.10. The second kappa shape index (κ2) is 6.62. The highest BCUT2D eigenvalue weighted by Crippen LogP contribution is 2.33. The first kappa shape index (κ1) is 14.7. The molecule has 0 saturated carbocycles. The van der Waals surface area contributed by atoms with E-state index >= 15 is 0 Å². The van der Waals surface area contributed by atoms with Gasteiger partial charge < -0.3 is 10.2 Å². The molecule has 1 aromatic carbocycles. The van der Waals surface area contributed by atoms with Crippen LogP contribution in [0.2, 0.25) is 0 Å². The Bertz CT molecular complexity index is 413. The van der Waals surface area contributed by atoms with Crippen molar-refractivity contribution in [1.29, 1.82) is 0 Å². The van der Waals surface area contributed by atoms with Gasteiger partial charge in [0.25, 0.3) is 0 Å². The zero-order valence-electron chi connectivity index (χ0n) is 11.8. The fourth-order valence-electron chi connectivity index (χ4n) is 3.46. The molecule has 2 aliphatic heterocycles. The Hall–Kier alpha value is -0.730. The van der Waals surface area contributed by atoms with E-state index in [1.807, 2.05) is 0 Å². The lowest BCUT2D eigenvalue weighted by Gasteiger charge is -2.30. The van der Waals surface area contributed by atoms with Crippen LogP contribution in [0.5, 0.6) is 0 Å². The molecule has 1 saturated heterocycles. The van der Waals surface area contributed by atoms with Crippen LogP contribution in [-0.4, -0.2) is 26.2 Å². The second-order valence-corrected chi connectivity index (χ2v) is 5.67. The summed E-state index contributed by atoms with van der Waals surface area (Å²) in [7, 11) is 0. The van der Waals surface area contributed by atoms with Crippen molar-refractivity contribution < 1.29 is 0 Å². The molecule has 0 aromatic heterocycles. The van der Waals surface area contributed by atoms with E-state index in [-0.39, 0.29) is 12.4 Å². The predicted molar refractivity (Wildman–Crippen MR) is 84.6 cm³/mol. The van der Waals surface area contributed by atoms with Crippen molar-refractivity contribution in [2.75, 3.05) is 31.1 Å². The number of anilines is 1. The fourth-order valence-corrected chi connectivity index (χ4v) is 3.46. The van der Waals surface area contributed by atoms with Crippen LogP contribution in [0.4, 0.5) is 5.69 Å². The number of halogens is 1. The molecular weight excluding hydrogens is 256 g/mol. The molecule has 1 fully saturated rings. The van der Waals surface area contributed by atoms with Crippen molar-refractivity contribution in [2.45, 2.75) is 32.6 Å². The van der Waals surface area contributed by atoms with E-state index in [0.717, 1.165) is 12.3 Å². The molecule has 2 aliphatic rings. The first-order valence-corrected chi connectivity index (χ1v) is 7.45. The van der Waals surface area contributed by atoms with Crippen molar-refractivity contribution in [3.63, 3.8) is 0 Å². The Morgan fingerprint density at radius 1 is 1.26 bits per heavy atom. The largest absolute Gasteiger partial charge is 0.370 e. The third kappa shape index (κ3) is 3.06. The lowest BCUT2D eigenvalue weighted by atomic mass is 9.97. The highest BCUT2D eigenvalue weighted by molar-refractivity contribution is 5.85. The van der Waals surface area contributed by atoms with Gasteiger partial charge in [0.1, 0.15) is 0 Å². The van der Waals surface area contributed by atoms with Gasteiger partial charge in [-0.3, -0.25) is 0 Å². The van der Waals surface area contributed by atoms with Crippen LogP contribution in [-0.2, 0) is 12.8 Å². The molecule has 0 radical (unpaired) electrons. The number of para-hydroxylation sites is 1. The average Bonchev–Trinajstić information content (AvgIpc) is 2.83. The number of aryl methyl sites for hydroxylation is 1. The molecule has 0 amide bonds. The van der Waals surface area contributed by atoms with Gasteiger partial charge in [-0.2, -0.15) is 0 Å². The van der Waals surface area contributed by atoms with Gasteiger partial charge in [0.15, 0.2) is 0 Å². The smallest absolute Gasteiger partial charge is 0.0432 e. The van der Waals surface area contributed by atoms with E-state index in [2.05, 4.69) is 35.3 Å². The predicted octanol–water partition coefficient (Wildman–Crippen LogP) is 3.03. The molecule has 3 rings (SSSR count). The maximum absolute atomic E-state index is 3.46. The number of fused-ring (bicyclic) bond motifs is 1. The van der Waals surface area contributed by atoms with Gasteiger partial charge in [-0.25, -0.2) is 0 Å². The number of nitrogens with zero attached hydrogens (tertiary/aromatic N) is 1. The third-order valence-corrected chi connectivity index (χ3v) is 4.49. The Labute approximate surface area is 123 Å². The van der Waals surface area contributed by atoms with Gasteiger partial charge in [-0.15, -0.1) is 12.4 Å². The van der Waals surface area contributed by atoms with Crippen molar-refractivity contribution in [3.05, 3.63) is 29.3 Å². The molecule has 106 valence electrons. The number of rotatable bonds is 3. The van der Waals surface area contributed by atoms with Crippen molar-refractivity contribution in [2.24, 2.45) is 5.92 Å². The van der Waals surface area contributed by atoms with Crippen LogP contribution >= 0.6 is 12.4 Å². The molecule has 2 heterocycles. The summed E-state index contributed by atoms with van der Waals surface area (Å²) >= 11 is 0. The zero-order chi connectivity index (χ0) is 12.4. The summed E-state index contributed by atoms with van der Waals surface area (Å²) < 4.78 is 0. The molecule has 0 atom stereocenters. The van der Waals surface area contributed by atoms with Crippen LogP contribution in [0, 0.1) is 5.92 Å². The van der Waals surface area contributed by atoms with Crippen LogP contribution in [0.1, 0.15) is 30.9 Å². The van der Waals surface area contributed by atoms with Crippen molar-refractivity contribution in [1.82, 2.24) is 5.32 Å².